The van der Waals surface area contributed by atoms with Crippen LogP contribution in [0.2, 0.25) is 4.34 Å². The molecule has 0 atom stereocenters. The number of amides is 1. The van der Waals surface area contributed by atoms with E-state index in [2.05, 4.69) is 30.6 Å². The van der Waals surface area contributed by atoms with Gasteiger partial charge in [-0.1, -0.05) is 25.4 Å². The number of nitrogens with zero attached hydrogens (tertiary/aromatic N) is 3. The Morgan fingerprint density at radius 2 is 2.08 bits per heavy atom. The van der Waals surface area contributed by atoms with Crippen molar-refractivity contribution in [3.8, 4) is 0 Å². The van der Waals surface area contributed by atoms with Gasteiger partial charge in [0.1, 0.15) is 0 Å². The van der Waals surface area contributed by atoms with Crippen molar-refractivity contribution in [2.45, 2.75) is 53.6 Å². The van der Waals surface area contributed by atoms with Crippen molar-refractivity contribution < 1.29 is 4.79 Å². The fourth-order valence-electron chi connectivity index (χ4n) is 2.80. The van der Waals surface area contributed by atoms with Crippen LogP contribution in [-0.4, -0.2) is 27.6 Å². The zero-order valence-corrected chi connectivity index (χ0v) is 16.7. The highest BCUT2D eigenvalue weighted by molar-refractivity contribution is 7.16. The van der Waals surface area contributed by atoms with Crippen molar-refractivity contribution in [1.29, 1.82) is 0 Å². The van der Waals surface area contributed by atoms with Crippen molar-refractivity contribution in [3.05, 3.63) is 38.3 Å². The van der Waals surface area contributed by atoms with Gasteiger partial charge < -0.3 is 4.90 Å². The van der Waals surface area contributed by atoms with Gasteiger partial charge in [0.2, 0.25) is 5.91 Å². The molecule has 0 saturated heterocycles. The first-order valence-corrected chi connectivity index (χ1v) is 9.48. The quantitative estimate of drug-likeness (QED) is 0.724. The third-order valence-corrected chi connectivity index (χ3v) is 5.32. The summed E-state index contributed by atoms with van der Waals surface area (Å²) in [4.78, 5) is 15.3. The molecule has 0 saturated carbocycles. The van der Waals surface area contributed by atoms with Crippen molar-refractivity contribution in [2.75, 3.05) is 7.05 Å². The zero-order valence-electron chi connectivity index (χ0n) is 15.1. The Kier molecular flexibility index (Phi) is 6.47. The second-order valence-electron chi connectivity index (χ2n) is 6.68. The number of halogens is 1. The Labute approximate surface area is 153 Å². The van der Waals surface area contributed by atoms with Crippen LogP contribution in [0.4, 0.5) is 0 Å². The van der Waals surface area contributed by atoms with Crippen molar-refractivity contribution in [1.82, 2.24) is 14.7 Å². The summed E-state index contributed by atoms with van der Waals surface area (Å²) in [6.07, 6.45) is 1.24. The fraction of sp³-hybridized carbons (Fsp3) is 0.556. The summed E-state index contributed by atoms with van der Waals surface area (Å²) in [6, 6.07) is 3.84. The van der Waals surface area contributed by atoms with Gasteiger partial charge in [0.15, 0.2) is 0 Å². The van der Waals surface area contributed by atoms with E-state index < -0.39 is 0 Å². The van der Waals surface area contributed by atoms with Crippen LogP contribution in [0, 0.1) is 19.8 Å². The molecule has 4 nitrogen and oxygen atoms in total. The first-order valence-electron chi connectivity index (χ1n) is 8.29. The lowest BCUT2D eigenvalue weighted by Gasteiger charge is -2.16. The SMILES string of the molecule is Cc1nn(CC(C)C)c(C)c1CCC(=O)N(C)Cc1ccc(Cl)s1. The second-order valence-corrected chi connectivity index (χ2v) is 8.48. The predicted octanol–water partition coefficient (Wildman–Crippen LogP) is 4.46. The maximum absolute atomic E-state index is 12.4. The first kappa shape index (κ1) is 19.0. The van der Waals surface area contributed by atoms with Crippen LogP contribution in [0.1, 0.15) is 42.1 Å². The van der Waals surface area contributed by atoms with Crippen molar-refractivity contribution in [3.63, 3.8) is 0 Å². The number of carbonyl (C=O) groups is 1. The van der Waals surface area contributed by atoms with E-state index in [0.29, 0.717) is 18.9 Å². The first-order chi connectivity index (χ1) is 11.3. The van der Waals surface area contributed by atoms with Gasteiger partial charge in [-0.05, 0) is 43.9 Å². The summed E-state index contributed by atoms with van der Waals surface area (Å²) in [5.74, 6) is 0.705. The maximum atomic E-state index is 12.4. The standard InChI is InChI=1S/C18H26ClN3OS/c1-12(2)10-22-14(4)16(13(3)20-22)7-9-18(23)21(5)11-15-6-8-17(19)24-15/h6,8,12H,7,9-11H2,1-5H3. The molecule has 0 aliphatic heterocycles. The highest BCUT2D eigenvalue weighted by Crippen LogP contribution is 2.23. The monoisotopic (exact) mass is 367 g/mol. The molecule has 0 fully saturated rings. The van der Waals surface area contributed by atoms with E-state index in [1.165, 1.54) is 22.6 Å². The van der Waals surface area contributed by atoms with Crippen LogP contribution in [0.3, 0.4) is 0 Å². The van der Waals surface area contributed by atoms with Gasteiger partial charge in [0, 0.05) is 30.6 Å². The summed E-state index contributed by atoms with van der Waals surface area (Å²) in [6.45, 7) is 10.0. The lowest BCUT2D eigenvalue weighted by Crippen LogP contribution is -2.26. The van der Waals surface area contributed by atoms with Crippen LogP contribution in [-0.2, 0) is 24.3 Å². The Morgan fingerprint density at radius 3 is 2.67 bits per heavy atom. The summed E-state index contributed by atoms with van der Waals surface area (Å²) in [5.41, 5.74) is 3.42. The van der Waals surface area contributed by atoms with Gasteiger partial charge in [-0.25, -0.2) is 0 Å². The number of hydrogen-bond donors (Lipinski definition) is 0. The molecule has 0 aromatic carbocycles. The minimum atomic E-state index is 0.148. The lowest BCUT2D eigenvalue weighted by atomic mass is 10.1. The summed E-state index contributed by atoms with van der Waals surface area (Å²) in [5, 5.41) is 4.62. The third kappa shape index (κ3) is 4.84. The van der Waals surface area contributed by atoms with Crippen molar-refractivity contribution in [2.24, 2.45) is 5.92 Å². The summed E-state index contributed by atoms with van der Waals surface area (Å²) in [7, 11) is 1.85. The molecule has 1 amide bonds. The van der Waals surface area contributed by atoms with Gasteiger partial charge in [0.05, 0.1) is 16.6 Å². The Bertz CT molecular complexity index is 705. The minimum absolute atomic E-state index is 0.148. The molecular formula is C18H26ClN3OS. The number of hydrogen-bond acceptors (Lipinski definition) is 3. The molecule has 0 N–H and O–H groups in total. The van der Waals surface area contributed by atoms with Gasteiger partial charge in [0.25, 0.3) is 0 Å². The van der Waals surface area contributed by atoms with E-state index in [-0.39, 0.29) is 5.91 Å². The van der Waals surface area contributed by atoms with Crippen LogP contribution in [0.5, 0.6) is 0 Å². The number of thiophene rings is 1. The molecule has 2 rings (SSSR count). The molecule has 0 aliphatic rings. The topological polar surface area (TPSA) is 38.1 Å². The molecule has 132 valence electrons. The third-order valence-electron chi connectivity index (χ3n) is 4.11. The van der Waals surface area contributed by atoms with Gasteiger partial charge in [-0.2, -0.15) is 5.10 Å². The van der Waals surface area contributed by atoms with Gasteiger partial charge >= 0.3 is 0 Å². The molecule has 6 heteroatoms. The van der Waals surface area contributed by atoms with E-state index in [1.54, 1.807) is 4.90 Å². The Morgan fingerprint density at radius 1 is 1.38 bits per heavy atom. The van der Waals surface area contributed by atoms with E-state index in [4.69, 9.17) is 11.6 Å². The smallest absolute Gasteiger partial charge is 0.222 e. The average Bonchev–Trinajstić information content (AvgIpc) is 3.01. The highest BCUT2D eigenvalue weighted by atomic mass is 35.5. The molecule has 0 radical (unpaired) electrons. The van der Waals surface area contributed by atoms with Crippen LogP contribution >= 0.6 is 22.9 Å². The molecule has 24 heavy (non-hydrogen) atoms. The Balaban J connectivity index is 1.94. The molecule has 2 heterocycles. The lowest BCUT2D eigenvalue weighted by molar-refractivity contribution is -0.130. The fourth-order valence-corrected chi connectivity index (χ4v) is 3.94. The number of aromatic nitrogens is 2. The van der Waals surface area contributed by atoms with Crippen molar-refractivity contribution >= 4 is 28.8 Å². The molecule has 0 aliphatic carbocycles. The Hall–Kier alpha value is -1.33. The van der Waals surface area contributed by atoms with E-state index >= 15 is 0 Å². The summed E-state index contributed by atoms with van der Waals surface area (Å²) < 4.78 is 2.83. The highest BCUT2D eigenvalue weighted by Gasteiger charge is 2.16. The number of rotatable bonds is 7. The van der Waals surface area contributed by atoms with E-state index in [9.17, 15) is 4.79 Å². The summed E-state index contributed by atoms with van der Waals surface area (Å²) >= 11 is 7.46. The molecule has 2 aromatic rings. The van der Waals surface area contributed by atoms with E-state index in [1.807, 2.05) is 26.1 Å². The van der Waals surface area contributed by atoms with Crippen LogP contribution in [0.25, 0.3) is 0 Å². The second kappa shape index (κ2) is 8.17. The van der Waals surface area contributed by atoms with Gasteiger partial charge in [-0.3, -0.25) is 9.48 Å². The largest absolute Gasteiger partial charge is 0.341 e. The molecule has 0 unspecified atom stereocenters. The molecule has 2 aromatic heterocycles. The molecule has 0 spiro atoms. The maximum Gasteiger partial charge on any atom is 0.222 e. The van der Waals surface area contributed by atoms with E-state index in [0.717, 1.165) is 27.9 Å². The predicted molar refractivity (Wildman–Crippen MR) is 101 cm³/mol. The minimum Gasteiger partial charge on any atom is -0.341 e. The van der Waals surface area contributed by atoms with Crippen LogP contribution in [0.15, 0.2) is 12.1 Å². The number of aryl methyl sites for hydroxylation is 1. The number of carbonyl (C=O) groups excluding carboxylic acids is 1. The zero-order chi connectivity index (χ0) is 17.9. The van der Waals surface area contributed by atoms with Crippen LogP contribution < -0.4 is 0 Å². The van der Waals surface area contributed by atoms with Gasteiger partial charge in [-0.15, -0.1) is 11.3 Å². The molecular weight excluding hydrogens is 342 g/mol. The average molecular weight is 368 g/mol. The normalized spacial score (nSPS) is 11.3. The molecule has 0 bridgehead atoms.